The largest absolute Gasteiger partial charge is 0.423 e. The van der Waals surface area contributed by atoms with E-state index in [2.05, 4.69) is 20.1 Å². The van der Waals surface area contributed by atoms with Crippen LogP contribution in [-0.4, -0.2) is 81.0 Å². The Balaban J connectivity index is 1.27. The lowest BCUT2D eigenvalue weighted by atomic mass is 9.76. The van der Waals surface area contributed by atoms with E-state index in [1.54, 1.807) is 12.4 Å². The molecule has 2 aromatic heterocycles. The third kappa shape index (κ3) is 5.45. The van der Waals surface area contributed by atoms with Gasteiger partial charge in [-0.2, -0.15) is 0 Å². The zero-order chi connectivity index (χ0) is 25.1. The predicted octanol–water partition coefficient (Wildman–Crippen LogP) is 3.20. The first-order chi connectivity index (χ1) is 17.4. The van der Waals surface area contributed by atoms with Crippen molar-refractivity contribution >= 4 is 11.8 Å². The van der Waals surface area contributed by atoms with Gasteiger partial charge in [-0.15, -0.1) is 10.2 Å². The van der Waals surface area contributed by atoms with Gasteiger partial charge < -0.3 is 14.2 Å². The molecule has 5 heterocycles. The summed E-state index contributed by atoms with van der Waals surface area (Å²) >= 11 is 0. The Morgan fingerprint density at radius 3 is 2.36 bits per heavy atom. The molecule has 1 spiro atoms. The topological polar surface area (TPSA) is 95.7 Å². The van der Waals surface area contributed by atoms with E-state index in [0.29, 0.717) is 24.7 Å². The molecular weight excluding hydrogens is 456 g/mol. The van der Waals surface area contributed by atoms with Gasteiger partial charge in [0.05, 0.1) is 19.0 Å². The predicted molar refractivity (Wildman–Crippen MR) is 134 cm³/mol. The van der Waals surface area contributed by atoms with Gasteiger partial charge in [-0.25, -0.2) is 0 Å². The lowest BCUT2D eigenvalue weighted by Crippen LogP contribution is -2.46. The monoisotopic (exact) mass is 494 g/mol. The van der Waals surface area contributed by atoms with Crippen LogP contribution in [0.25, 0.3) is 0 Å². The lowest BCUT2D eigenvalue weighted by molar-refractivity contribution is -0.133. The first-order valence-corrected chi connectivity index (χ1v) is 13.4. The molecule has 194 valence electrons. The standard InChI is InChI=1S/C27H38N6O3/c1-20(2)25-29-30-26(36-25)22-17-27(19-33(22)18-24(35)31-12-4-3-5-13-31)8-14-32(15-9-27)23(34)16-21-6-10-28-11-7-21/h6-7,10-11,20,22H,3-5,8-9,12-19H2,1-2H3. The first-order valence-electron chi connectivity index (χ1n) is 13.4. The fourth-order valence-corrected chi connectivity index (χ4v) is 5.97. The second kappa shape index (κ2) is 10.7. The summed E-state index contributed by atoms with van der Waals surface area (Å²) in [5.74, 6) is 1.80. The number of aromatic nitrogens is 3. The van der Waals surface area contributed by atoms with E-state index in [4.69, 9.17) is 4.42 Å². The van der Waals surface area contributed by atoms with E-state index in [1.807, 2.05) is 35.8 Å². The fourth-order valence-electron chi connectivity index (χ4n) is 5.97. The summed E-state index contributed by atoms with van der Waals surface area (Å²) in [6.07, 6.45) is 9.98. The van der Waals surface area contributed by atoms with Crippen LogP contribution in [0.4, 0.5) is 0 Å². The maximum Gasteiger partial charge on any atom is 0.236 e. The van der Waals surface area contributed by atoms with Crippen LogP contribution in [0.1, 0.15) is 81.7 Å². The summed E-state index contributed by atoms with van der Waals surface area (Å²) in [7, 11) is 0. The van der Waals surface area contributed by atoms with E-state index in [9.17, 15) is 9.59 Å². The molecule has 3 aliphatic heterocycles. The molecule has 5 rings (SSSR count). The molecule has 0 N–H and O–H groups in total. The second-order valence-corrected chi connectivity index (χ2v) is 11.1. The van der Waals surface area contributed by atoms with Gasteiger partial charge in [0.2, 0.25) is 23.6 Å². The minimum Gasteiger partial charge on any atom is -0.423 e. The van der Waals surface area contributed by atoms with E-state index in [0.717, 1.165) is 70.4 Å². The number of nitrogens with zero attached hydrogens (tertiary/aromatic N) is 6. The number of carbonyl (C=O) groups excluding carboxylic acids is 2. The Bertz CT molecular complexity index is 1040. The first kappa shape index (κ1) is 24.9. The Hall–Kier alpha value is -2.81. The summed E-state index contributed by atoms with van der Waals surface area (Å²) in [5, 5.41) is 8.68. The van der Waals surface area contributed by atoms with Crippen molar-refractivity contribution in [2.45, 2.75) is 70.8 Å². The minimum atomic E-state index is -0.0576. The van der Waals surface area contributed by atoms with Gasteiger partial charge in [0.15, 0.2) is 0 Å². The van der Waals surface area contributed by atoms with Crippen molar-refractivity contribution in [1.29, 1.82) is 0 Å². The highest BCUT2D eigenvalue weighted by Crippen LogP contribution is 2.49. The normalized spacial score (nSPS) is 22.5. The number of pyridine rings is 1. The van der Waals surface area contributed by atoms with E-state index < -0.39 is 0 Å². The maximum absolute atomic E-state index is 13.2. The highest BCUT2D eigenvalue weighted by atomic mass is 16.4. The van der Waals surface area contributed by atoms with Crippen molar-refractivity contribution in [3.05, 3.63) is 41.9 Å². The van der Waals surface area contributed by atoms with Crippen molar-refractivity contribution in [3.63, 3.8) is 0 Å². The molecule has 3 aliphatic rings. The summed E-state index contributed by atoms with van der Waals surface area (Å²) in [5.41, 5.74) is 1.04. The van der Waals surface area contributed by atoms with Gasteiger partial charge in [-0.05, 0) is 61.6 Å². The van der Waals surface area contributed by atoms with Gasteiger partial charge in [0, 0.05) is 51.0 Å². The molecular formula is C27H38N6O3. The van der Waals surface area contributed by atoms with E-state index >= 15 is 0 Å². The van der Waals surface area contributed by atoms with Crippen LogP contribution >= 0.6 is 0 Å². The number of likely N-dealkylation sites (tertiary alicyclic amines) is 3. The molecule has 0 bridgehead atoms. The number of amides is 2. The Labute approximate surface area is 213 Å². The molecule has 0 saturated carbocycles. The van der Waals surface area contributed by atoms with E-state index in [-0.39, 0.29) is 29.2 Å². The van der Waals surface area contributed by atoms with Gasteiger partial charge >= 0.3 is 0 Å². The van der Waals surface area contributed by atoms with Crippen LogP contribution in [0.3, 0.4) is 0 Å². The highest BCUT2D eigenvalue weighted by Gasteiger charge is 2.49. The Morgan fingerprint density at radius 1 is 1.00 bits per heavy atom. The summed E-state index contributed by atoms with van der Waals surface area (Å²) in [4.78, 5) is 36.4. The molecule has 3 saturated heterocycles. The van der Waals surface area contributed by atoms with Crippen LogP contribution < -0.4 is 0 Å². The molecule has 0 radical (unpaired) electrons. The van der Waals surface area contributed by atoms with Crippen molar-refractivity contribution in [3.8, 4) is 0 Å². The fraction of sp³-hybridized carbons (Fsp3) is 0.667. The molecule has 1 unspecified atom stereocenters. The average Bonchev–Trinajstić information content (AvgIpc) is 3.51. The summed E-state index contributed by atoms with van der Waals surface area (Å²) in [6, 6.07) is 3.74. The lowest BCUT2D eigenvalue weighted by Gasteiger charge is -2.39. The van der Waals surface area contributed by atoms with Crippen LogP contribution in [0, 0.1) is 5.41 Å². The Morgan fingerprint density at radius 2 is 1.69 bits per heavy atom. The maximum atomic E-state index is 13.2. The molecule has 2 amide bonds. The van der Waals surface area contributed by atoms with Crippen molar-refractivity contribution in [2.75, 3.05) is 39.3 Å². The van der Waals surface area contributed by atoms with Crippen LogP contribution in [0.5, 0.6) is 0 Å². The number of hydrogen-bond donors (Lipinski definition) is 0. The van der Waals surface area contributed by atoms with Gasteiger partial charge in [0.25, 0.3) is 0 Å². The number of piperidine rings is 2. The molecule has 2 aromatic rings. The van der Waals surface area contributed by atoms with Gasteiger partial charge in [0.1, 0.15) is 0 Å². The number of rotatable bonds is 6. The van der Waals surface area contributed by atoms with Crippen LogP contribution in [0.15, 0.2) is 28.9 Å². The minimum absolute atomic E-state index is 0.0484. The smallest absolute Gasteiger partial charge is 0.236 e. The molecule has 0 aromatic carbocycles. The molecule has 1 atom stereocenters. The zero-order valence-electron chi connectivity index (χ0n) is 21.6. The quantitative estimate of drug-likeness (QED) is 0.608. The average molecular weight is 495 g/mol. The van der Waals surface area contributed by atoms with Crippen LogP contribution in [-0.2, 0) is 16.0 Å². The number of carbonyl (C=O) groups is 2. The van der Waals surface area contributed by atoms with Gasteiger partial charge in [-0.3, -0.25) is 19.5 Å². The highest BCUT2D eigenvalue weighted by molar-refractivity contribution is 5.79. The summed E-state index contributed by atoms with van der Waals surface area (Å²) < 4.78 is 6.09. The third-order valence-corrected chi connectivity index (χ3v) is 8.17. The van der Waals surface area contributed by atoms with Crippen molar-refractivity contribution < 1.29 is 14.0 Å². The Kier molecular flexibility index (Phi) is 7.37. The van der Waals surface area contributed by atoms with Crippen molar-refractivity contribution in [2.24, 2.45) is 5.41 Å². The molecule has 3 fully saturated rings. The zero-order valence-corrected chi connectivity index (χ0v) is 21.6. The molecule has 0 aliphatic carbocycles. The van der Waals surface area contributed by atoms with Crippen molar-refractivity contribution in [1.82, 2.24) is 29.9 Å². The SMILES string of the molecule is CC(C)c1nnc(C2CC3(CCN(C(=O)Cc4ccncc4)CC3)CN2CC(=O)N2CCCCC2)o1. The molecule has 9 nitrogen and oxygen atoms in total. The third-order valence-electron chi connectivity index (χ3n) is 8.17. The van der Waals surface area contributed by atoms with Gasteiger partial charge in [-0.1, -0.05) is 13.8 Å². The number of hydrogen-bond acceptors (Lipinski definition) is 7. The van der Waals surface area contributed by atoms with Crippen LogP contribution in [0.2, 0.25) is 0 Å². The van der Waals surface area contributed by atoms with E-state index in [1.165, 1.54) is 6.42 Å². The molecule has 9 heteroatoms. The second-order valence-electron chi connectivity index (χ2n) is 11.1. The molecule has 36 heavy (non-hydrogen) atoms. The summed E-state index contributed by atoms with van der Waals surface area (Å²) in [6.45, 7) is 8.49.